The Morgan fingerprint density at radius 1 is 1.42 bits per heavy atom. The van der Waals surface area contributed by atoms with E-state index in [4.69, 9.17) is 21.1 Å². The van der Waals surface area contributed by atoms with Crippen LogP contribution in [-0.2, 0) is 14.3 Å². The van der Waals surface area contributed by atoms with Crippen molar-refractivity contribution in [3.63, 3.8) is 0 Å². The summed E-state index contributed by atoms with van der Waals surface area (Å²) in [4.78, 5) is 12.2. The molecule has 0 aliphatic rings. The van der Waals surface area contributed by atoms with Gasteiger partial charge in [0.25, 0.3) is 0 Å². The fourth-order valence-corrected chi connectivity index (χ4v) is 2.03. The minimum atomic E-state index is -0.893. The lowest BCUT2D eigenvalue weighted by Gasteiger charge is -2.31. The lowest BCUT2D eigenvalue weighted by atomic mass is 9.96. The van der Waals surface area contributed by atoms with Gasteiger partial charge < -0.3 is 14.8 Å². The quantitative estimate of drug-likeness (QED) is 0.782. The van der Waals surface area contributed by atoms with Gasteiger partial charge in [-0.05, 0) is 31.5 Å². The standard InChI is InChI=1S/C14H20ClNO3/c1-4-14(10-18-3,13(17)19-5-2)16-12-8-6-7-11(15)9-12/h6-9,16H,4-5,10H2,1-3H3. The Bertz CT molecular complexity index is 425. The second kappa shape index (κ2) is 7.36. The Balaban J connectivity index is 2.99. The molecule has 0 fully saturated rings. The third kappa shape index (κ3) is 4.11. The van der Waals surface area contributed by atoms with E-state index in [-0.39, 0.29) is 12.6 Å². The number of benzene rings is 1. The number of hydrogen-bond acceptors (Lipinski definition) is 4. The molecule has 0 radical (unpaired) electrons. The Labute approximate surface area is 119 Å². The van der Waals surface area contributed by atoms with Crippen molar-refractivity contribution in [1.29, 1.82) is 0 Å². The van der Waals surface area contributed by atoms with E-state index in [9.17, 15) is 4.79 Å². The monoisotopic (exact) mass is 285 g/mol. The molecule has 0 aliphatic heterocycles. The van der Waals surface area contributed by atoms with Crippen molar-refractivity contribution in [2.75, 3.05) is 25.6 Å². The predicted molar refractivity (Wildman–Crippen MR) is 76.6 cm³/mol. The van der Waals surface area contributed by atoms with Crippen LogP contribution in [0.3, 0.4) is 0 Å². The minimum absolute atomic E-state index is 0.231. The van der Waals surface area contributed by atoms with Gasteiger partial charge in [0.2, 0.25) is 0 Å². The van der Waals surface area contributed by atoms with Crippen molar-refractivity contribution in [2.24, 2.45) is 0 Å². The van der Waals surface area contributed by atoms with Crippen molar-refractivity contribution in [3.05, 3.63) is 29.3 Å². The van der Waals surface area contributed by atoms with Crippen LogP contribution in [0.1, 0.15) is 20.3 Å². The van der Waals surface area contributed by atoms with Gasteiger partial charge in [-0.1, -0.05) is 24.6 Å². The molecule has 0 aliphatic carbocycles. The van der Waals surface area contributed by atoms with Gasteiger partial charge in [0.15, 0.2) is 5.54 Å². The molecule has 106 valence electrons. The number of hydrogen-bond donors (Lipinski definition) is 1. The number of esters is 1. The van der Waals surface area contributed by atoms with Crippen LogP contribution < -0.4 is 5.32 Å². The third-order valence-electron chi connectivity index (χ3n) is 2.87. The van der Waals surface area contributed by atoms with Crippen LogP contribution in [0, 0.1) is 0 Å². The first-order chi connectivity index (χ1) is 9.07. The Kier molecular flexibility index (Phi) is 6.12. The van der Waals surface area contributed by atoms with Crippen LogP contribution in [0.15, 0.2) is 24.3 Å². The number of carbonyl (C=O) groups is 1. The lowest BCUT2D eigenvalue weighted by molar-refractivity contribution is -0.150. The normalized spacial score (nSPS) is 13.7. The SMILES string of the molecule is CCOC(=O)C(CC)(COC)Nc1cccc(Cl)c1. The smallest absolute Gasteiger partial charge is 0.334 e. The molecule has 4 nitrogen and oxygen atoms in total. The highest BCUT2D eigenvalue weighted by molar-refractivity contribution is 6.30. The Morgan fingerprint density at radius 2 is 2.16 bits per heavy atom. The molecule has 0 amide bonds. The highest BCUT2D eigenvalue weighted by Gasteiger charge is 2.38. The second-order valence-electron chi connectivity index (χ2n) is 4.22. The van der Waals surface area contributed by atoms with Crippen LogP contribution in [0.25, 0.3) is 0 Å². The fourth-order valence-electron chi connectivity index (χ4n) is 1.84. The molecule has 5 heteroatoms. The average molecular weight is 286 g/mol. The molecule has 1 atom stereocenters. The summed E-state index contributed by atoms with van der Waals surface area (Å²) < 4.78 is 10.3. The van der Waals surface area contributed by atoms with E-state index < -0.39 is 5.54 Å². The van der Waals surface area contributed by atoms with Gasteiger partial charge in [0.1, 0.15) is 0 Å². The number of methoxy groups -OCH3 is 1. The van der Waals surface area contributed by atoms with Crippen LogP contribution in [0.5, 0.6) is 0 Å². The van der Waals surface area contributed by atoms with E-state index >= 15 is 0 Å². The van der Waals surface area contributed by atoms with Crippen molar-refractivity contribution in [2.45, 2.75) is 25.8 Å². The van der Waals surface area contributed by atoms with E-state index in [2.05, 4.69) is 5.32 Å². The van der Waals surface area contributed by atoms with E-state index in [1.54, 1.807) is 26.2 Å². The molecule has 1 aromatic carbocycles. The van der Waals surface area contributed by atoms with Crippen LogP contribution in [-0.4, -0.2) is 31.8 Å². The van der Waals surface area contributed by atoms with Crippen molar-refractivity contribution >= 4 is 23.3 Å². The number of anilines is 1. The number of ether oxygens (including phenoxy) is 2. The van der Waals surface area contributed by atoms with E-state index in [0.717, 1.165) is 5.69 Å². The second-order valence-corrected chi connectivity index (χ2v) is 4.66. The largest absolute Gasteiger partial charge is 0.464 e. The molecule has 1 N–H and O–H groups in total. The van der Waals surface area contributed by atoms with Crippen molar-refractivity contribution in [3.8, 4) is 0 Å². The summed E-state index contributed by atoms with van der Waals surface area (Å²) in [5.74, 6) is -0.320. The minimum Gasteiger partial charge on any atom is -0.464 e. The zero-order valence-corrected chi connectivity index (χ0v) is 12.3. The maximum Gasteiger partial charge on any atom is 0.334 e. The summed E-state index contributed by atoms with van der Waals surface area (Å²) >= 11 is 5.95. The first kappa shape index (κ1) is 15.8. The lowest BCUT2D eigenvalue weighted by Crippen LogP contribution is -2.50. The summed E-state index contributed by atoms with van der Waals surface area (Å²) in [6.07, 6.45) is 0.548. The van der Waals surface area contributed by atoms with Crippen LogP contribution in [0.4, 0.5) is 5.69 Å². The summed E-state index contributed by atoms with van der Waals surface area (Å²) in [7, 11) is 1.56. The molecule has 0 spiro atoms. The first-order valence-electron chi connectivity index (χ1n) is 6.28. The van der Waals surface area contributed by atoms with E-state index in [0.29, 0.717) is 18.1 Å². The van der Waals surface area contributed by atoms with Crippen molar-refractivity contribution in [1.82, 2.24) is 0 Å². The number of rotatable bonds is 7. The zero-order chi connectivity index (χ0) is 14.3. The molecule has 0 aromatic heterocycles. The third-order valence-corrected chi connectivity index (χ3v) is 3.10. The van der Waals surface area contributed by atoms with Gasteiger partial charge in [-0.2, -0.15) is 0 Å². The maximum absolute atomic E-state index is 12.2. The summed E-state index contributed by atoms with van der Waals surface area (Å²) in [5.41, 5.74) is -0.130. The predicted octanol–water partition coefficient (Wildman–Crippen LogP) is 3.11. The summed E-state index contributed by atoms with van der Waals surface area (Å²) in [5, 5.41) is 3.79. The number of carbonyl (C=O) groups excluding carboxylic acids is 1. The first-order valence-corrected chi connectivity index (χ1v) is 6.65. The van der Waals surface area contributed by atoms with Gasteiger partial charge in [-0.3, -0.25) is 0 Å². The summed E-state index contributed by atoms with van der Waals surface area (Å²) in [6, 6.07) is 7.22. The molecule has 0 saturated heterocycles. The van der Waals surface area contributed by atoms with Gasteiger partial charge >= 0.3 is 5.97 Å². The maximum atomic E-state index is 12.2. The van der Waals surface area contributed by atoms with E-state index in [1.165, 1.54) is 0 Å². The molecule has 1 unspecified atom stereocenters. The molecule has 0 heterocycles. The topological polar surface area (TPSA) is 47.6 Å². The van der Waals surface area contributed by atoms with Crippen LogP contribution >= 0.6 is 11.6 Å². The summed E-state index contributed by atoms with van der Waals surface area (Å²) in [6.45, 7) is 4.26. The number of nitrogens with one attached hydrogen (secondary N) is 1. The van der Waals surface area contributed by atoms with Crippen molar-refractivity contribution < 1.29 is 14.3 Å². The van der Waals surface area contributed by atoms with Gasteiger partial charge in [-0.25, -0.2) is 4.79 Å². The van der Waals surface area contributed by atoms with Gasteiger partial charge in [0, 0.05) is 17.8 Å². The van der Waals surface area contributed by atoms with E-state index in [1.807, 2.05) is 19.1 Å². The molecule has 0 bridgehead atoms. The Morgan fingerprint density at radius 3 is 2.68 bits per heavy atom. The molecular weight excluding hydrogens is 266 g/mol. The average Bonchev–Trinajstić information content (AvgIpc) is 2.38. The fraction of sp³-hybridized carbons (Fsp3) is 0.500. The van der Waals surface area contributed by atoms with Gasteiger partial charge in [0.05, 0.1) is 13.2 Å². The number of halogens is 1. The van der Waals surface area contributed by atoms with Crippen LogP contribution in [0.2, 0.25) is 5.02 Å². The highest BCUT2D eigenvalue weighted by Crippen LogP contribution is 2.23. The zero-order valence-electron chi connectivity index (χ0n) is 11.5. The molecular formula is C14H20ClNO3. The molecule has 19 heavy (non-hydrogen) atoms. The van der Waals surface area contributed by atoms with Gasteiger partial charge in [-0.15, -0.1) is 0 Å². The Hall–Kier alpha value is -1.26. The molecule has 1 aromatic rings. The molecule has 1 rings (SSSR count). The molecule has 0 saturated carbocycles. The highest BCUT2D eigenvalue weighted by atomic mass is 35.5.